The summed E-state index contributed by atoms with van der Waals surface area (Å²) in [4.78, 5) is 0. The summed E-state index contributed by atoms with van der Waals surface area (Å²) >= 11 is 3.56. The van der Waals surface area contributed by atoms with Gasteiger partial charge >= 0.3 is 0 Å². The van der Waals surface area contributed by atoms with Crippen molar-refractivity contribution < 1.29 is 4.74 Å². The van der Waals surface area contributed by atoms with Crippen molar-refractivity contribution in [3.05, 3.63) is 29.3 Å². The van der Waals surface area contributed by atoms with E-state index in [-0.39, 0.29) is 5.41 Å². The summed E-state index contributed by atoms with van der Waals surface area (Å²) in [6.07, 6.45) is 1.06. The molecule has 2 heteroatoms. The summed E-state index contributed by atoms with van der Waals surface area (Å²) in [5, 5.41) is 0.958. The highest BCUT2D eigenvalue weighted by Crippen LogP contribution is 2.38. The third kappa shape index (κ3) is 1.56. The van der Waals surface area contributed by atoms with Crippen molar-refractivity contribution in [3.8, 4) is 5.75 Å². The van der Waals surface area contributed by atoms with E-state index < -0.39 is 0 Å². The molecule has 2 rings (SSSR count). The molecule has 0 N–H and O–H groups in total. The Bertz CT molecular complexity index is 344. The van der Waals surface area contributed by atoms with Crippen LogP contribution in [0.4, 0.5) is 0 Å². The van der Waals surface area contributed by atoms with Gasteiger partial charge in [-0.1, -0.05) is 48.0 Å². The van der Waals surface area contributed by atoms with Crippen LogP contribution in [0.25, 0.3) is 0 Å². The van der Waals surface area contributed by atoms with Crippen LogP contribution in [-0.2, 0) is 11.8 Å². The van der Waals surface area contributed by atoms with E-state index in [0.717, 1.165) is 24.1 Å². The number of hydrogen-bond acceptors (Lipinski definition) is 1. The fraction of sp³-hybridized carbons (Fsp3) is 0.500. The van der Waals surface area contributed by atoms with Gasteiger partial charge in [-0.15, -0.1) is 0 Å². The van der Waals surface area contributed by atoms with E-state index in [4.69, 9.17) is 4.74 Å². The second kappa shape index (κ2) is 3.58. The molecule has 0 bridgehead atoms. The van der Waals surface area contributed by atoms with Gasteiger partial charge in [-0.3, -0.25) is 0 Å². The molecule has 0 aromatic heterocycles. The number of halogens is 1. The van der Waals surface area contributed by atoms with Gasteiger partial charge in [0.05, 0.1) is 6.61 Å². The van der Waals surface area contributed by atoms with Crippen LogP contribution < -0.4 is 4.74 Å². The molecule has 1 heterocycles. The lowest BCUT2D eigenvalue weighted by Gasteiger charge is -2.24. The predicted octanol–water partition coefficient (Wildman–Crippen LogP) is 3.29. The Hall–Kier alpha value is -0.500. The lowest BCUT2D eigenvalue weighted by molar-refractivity contribution is 0.347. The van der Waals surface area contributed by atoms with Crippen molar-refractivity contribution >= 4 is 15.9 Å². The van der Waals surface area contributed by atoms with E-state index in [0.29, 0.717) is 0 Å². The summed E-state index contributed by atoms with van der Waals surface area (Å²) in [7, 11) is 0. The number of rotatable bonds is 2. The Morgan fingerprint density at radius 3 is 2.93 bits per heavy atom. The number of hydrogen-bond donors (Lipinski definition) is 0. The maximum Gasteiger partial charge on any atom is 0.126 e. The van der Waals surface area contributed by atoms with Gasteiger partial charge in [0.25, 0.3) is 0 Å². The van der Waals surface area contributed by atoms with E-state index in [2.05, 4.69) is 48.0 Å². The number of para-hydroxylation sites is 1. The number of fused-ring (bicyclic) bond motifs is 1. The molecule has 14 heavy (non-hydrogen) atoms. The first-order chi connectivity index (χ1) is 6.65. The summed E-state index contributed by atoms with van der Waals surface area (Å²) < 4.78 is 5.70. The molecule has 0 radical (unpaired) electrons. The minimum absolute atomic E-state index is 0.148. The topological polar surface area (TPSA) is 9.23 Å². The average Bonchev–Trinajstić information content (AvgIpc) is 2.64. The van der Waals surface area contributed by atoms with Gasteiger partial charge in [-0.2, -0.15) is 0 Å². The maximum atomic E-state index is 5.70. The lowest BCUT2D eigenvalue weighted by Crippen LogP contribution is -2.19. The van der Waals surface area contributed by atoms with Gasteiger partial charge in [-0.05, 0) is 5.56 Å². The largest absolute Gasteiger partial charge is 0.493 e. The van der Waals surface area contributed by atoms with Crippen molar-refractivity contribution in [1.82, 2.24) is 0 Å². The monoisotopic (exact) mass is 254 g/mol. The standard InChI is InChI=1S/C12H15BrO/c1-12(2,8-13)10-5-3-4-9-6-7-14-11(9)10/h3-5H,6-8H2,1-2H3. The quantitative estimate of drug-likeness (QED) is 0.737. The molecule has 0 unspecified atom stereocenters. The summed E-state index contributed by atoms with van der Waals surface area (Å²) in [6, 6.07) is 6.47. The Labute approximate surface area is 93.6 Å². The molecule has 0 saturated heterocycles. The van der Waals surface area contributed by atoms with E-state index in [1.807, 2.05) is 0 Å². The summed E-state index contributed by atoms with van der Waals surface area (Å²) in [6.45, 7) is 5.31. The van der Waals surface area contributed by atoms with Crippen molar-refractivity contribution in [3.63, 3.8) is 0 Å². The molecule has 0 fully saturated rings. The van der Waals surface area contributed by atoms with Crippen LogP contribution in [0, 0.1) is 0 Å². The summed E-state index contributed by atoms with van der Waals surface area (Å²) in [5.41, 5.74) is 2.83. The highest BCUT2D eigenvalue weighted by Gasteiger charge is 2.26. The molecule has 0 aliphatic carbocycles. The van der Waals surface area contributed by atoms with E-state index in [1.54, 1.807) is 0 Å². The zero-order valence-corrected chi connectivity index (χ0v) is 10.2. The average molecular weight is 255 g/mol. The Morgan fingerprint density at radius 2 is 2.21 bits per heavy atom. The molecule has 1 aromatic rings. The van der Waals surface area contributed by atoms with Crippen LogP contribution in [0.2, 0.25) is 0 Å². The second-order valence-corrected chi connectivity index (χ2v) is 4.97. The number of alkyl halides is 1. The van der Waals surface area contributed by atoms with Gasteiger partial charge < -0.3 is 4.74 Å². The first kappa shape index (κ1) is 10.0. The second-order valence-electron chi connectivity index (χ2n) is 4.41. The third-order valence-corrected chi connectivity index (χ3v) is 4.18. The van der Waals surface area contributed by atoms with E-state index in [9.17, 15) is 0 Å². The van der Waals surface area contributed by atoms with Gasteiger partial charge in [0.1, 0.15) is 5.75 Å². The van der Waals surface area contributed by atoms with Crippen molar-refractivity contribution in [2.75, 3.05) is 11.9 Å². The number of ether oxygens (including phenoxy) is 1. The minimum atomic E-state index is 0.148. The molecular formula is C12H15BrO. The highest BCUT2D eigenvalue weighted by atomic mass is 79.9. The van der Waals surface area contributed by atoms with Crippen LogP contribution in [0.1, 0.15) is 25.0 Å². The molecule has 0 saturated carbocycles. The third-order valence-electron chi connectivity index (χ3n) is 2.78. The zero-order chi connectivity index (χ0) is 10.2. The van der Waals surface area contributed by atoms with Crippen LogP contribution in [0.5, 0.6) is 5.75 Å². The Balaban J connectivity index is 2.49. The van der Waals surface area contributed by atoms with Gasteiger partial charge in [0.15, 0.2) is 0 Å². The highest BCUT2D eigenvalue weighted by molar-refractivity contribution is 9.09. The Morgan fingerprint density at radius 1 is 1.43 bits per heavy atom. The fourth-order valence-corrected chi connectivity index (χ4v) is 2.12. The van der Waals surface area contributed by atoms with Gasteiger partial charge in [-0.25, -0.2) is 0 Å². The molecule has 1 aliphatic heterocycles. The zero-order valence-electron chi connectivity index (χ0n) is 8.64. The lowest BCUT2D eigenvalue weighted by atomic mass is 9.85. The smallest absolute Gasteiger partial charge is 0.126 e. The van der Waals surface area contributed by atoms with Gasteiger partial charge in [0.2, 0.25) is 0 Å². The van der Waals surface area contributed by atoms with Crippen LogP contribution in [-0.4, -0.2) is 11.9 Å². The van der Waals surface area contributed by atoms with Crippen LogP contribution in [0.15, 0.2) is 18.2 Å². The SMILES string of the molecule is CC(C)(CBr)c1cccc2c1OCC2. The first-order valence-corrected chi connectivity index (χ1v) is 6.08. The molecular weight excluding hydrogens is 240 g/mol. The molecule has 1 nitrogen and oxygen atoms in total. The normalized spacial score (nSPS) is 15.1. The number of benzene rings is 1. The molecule has 0 atom stereocenters. The van der Waals surface area contributed by atoms with E-state index in [1.165, 1.54) is 11.1 Å². The van der Waals surface area contributed by atoms with Crippen molar-refractivity contribution in [2.24, 2.45) is 0 Å². The van der Waals surface area contributed by atoms with Gasteiger partial charge in [0, 0.05) is 22.7 Å². The van der Waals surface area contributed by atoms with Crippen molar-refractivity contribution in [2.45, 2.75) is 25.7 Å². The molecule has 0 spiro atoms. The molecule has 1 aliphatic rings. The predicted molar refractivity (Wildman–Crippen MR) is 62.5 cm³/mol. The molecule has 76 valence electrons. The molecule has 0 amide bonds. The van der Waals surface area contributed by atoms with Crippen molar-refractivity contribution in [1.29, 1.82) is 0 Å². The van der Waals surface area contributed by atoms with Crippen LogP contribution in [0.3, 0.4) is 0 Å². The van der Waals surface area contributed by atoms with E-state index >= 15 is 0 Å². The first-order valence-electron chi connectivity index (χ1n) is 4.96. The minimum Gasteiger partial charge on any atom is -0.493 e. The summed E-state index contributed by atoms with van der Waals surface area (Å²) in [5.74, 6) is 1.12. The fourth-order valence-electron chi connectivity index (χ4n) is 1.82. The molecule has 1 aromatic carbocycles. The Kier molecular flexibility index (Phi) is 2.56. The maximum absolute atomic E-state index is 5.70. The van der Waals surface area contributed by atoms with Crippen LogP contribution >= 0.6 is 15.9 Å².